The molecule has 1 N–H and O–H groups in total. The van der Waals surface area contributed by atoms with Gasteiger partial charge in [0.15, 0.2) is 21.3 Å². The summed E-state index contributed by atoms with van der Waals surface area (Å²) in [6, 6.07) is 12.0. The maximum Gasteiger partial charge on any atom is 0.231 e. The lowest BCUT2D eigenvalue weighted by atomic mass is 10.2. The van der Waals surface area contributed by atoms with Crippen molar-refractivity contribution in [1.82, 2.24) is 5.32 Å². The minimum atomic E-state index is -3.37. The van der Waals surface area contributed by atoms with Crippen molar-refractivity contribution in [2.45, 2.75) is 18.7 Å². The molecule has 0 saturated heterocycles. The molecule has 0 aliphatic carbocycles. The summed E-state index contributed by atoms with van der Waals surface area (Å²) in [6.45, 7) is 0.489. The zero-order valence-corrected chi connectivity index (χ0v) is 15.5. The SMILES string of the molecule is O=C(CCS(=O)(=O)Cc1ccc(Cl)cc1)NCc1ccc2c(c1)OCO2. The van der Waals surface area contributed by atoms with E-state index in [9.17, 15) is 13.2 Å². The third kappa shape index (κ3) is 5.12. The molecule has 1 aliphatic heterocycles. The highest BCUT2D eigenvalue weighted by atomic mass is 35.5. The standard InChI is InChI=1S/C18H18ClNO5S/c19-15-4-1-13(2-5-15)11-26(22,23)8-7-18(21)20-10-14-3-6-16-17(9-14)25-12-24-16/h1-6,9H,7-8,10-12H2,(H,20,21). The van der Waals surface area contributed by atoms with Crippen molar-refractivity contribution in [2.75, 3.05) is 12.5 Å². The van der Waals surface area contributed by atoms with Crippen LogP contribution in [0, 0.1) is 0 Å². The number of hydrogen-bond acceptors (Lipinski definition) is 5. The van der Waals surface area contributed by atoms with Gasteiger partial charge >= 0.3 is 0 Å². The van der Waals surface area contributed by atoms with Crippen molar-refractivity contribution in [3.63, 3.8) is 0 Å². The number of nitrogens with one attached hydrogen (secondary N) is 1. The van der Waals surface area contributed by atoms with Crippen molar-refractivity contribution < 1.29 is 22.7 Å². The minimum absolute atomic E-state index is 0.0829. The van der Waals surface area contributed by atoms with Gasteiger partial charge in [0.05, 0.1) is 11.5 Å². The van der Waals surface area contributed by atoms with Crippen LogP contribution in [0.3, 0.4) is 0 Å². The summed E-state index contributed by atoms with van der Waals surface area (Å²) in [5.41, 5.74) is 1.50. The Labute approximate surface area is 157 Å². The Bertz CT molecular complexity index is 896. The van der Waals surface area contributed by atoms with E-state index in [0.29, 0.717) is 28.6 Å². The summed E-state index contributed by atoms with van der Waals surface area (Å²) >= 11 is 5.78. The minimum Gasteiger partial charge on any atom is -0.454 e. The van der Waals surface area contributed by atoms with E-state index in [-0.39, 0.29) is 30.6 Å². The van der Waals surface area contributed by atoms with Crippen LogP contribution >= 0.6 is 11.6 Å². The Morgan fingerprint density at radius 2 is 1.73 bits per heavy atom. The molecule has 1 amide bonds. The largest absolute Gasteiger partial charge is 0.454 e. The van der Waals surface area contributed by atoms with Gasteiger partial charge in [-0.3, -0.25) is 4.79 Å². The molecule has 1 aliphatic rings. The number of benzene rings is 2. The number of amides is 1. The highest BCUT2D eigenvalue weighted by Gasteiger charge is 2.16. The first-order chi connectivity index (χ1) is 12.4. The first-order valence-electron chi connectivity index (χ1n) is 8.01. The number of hydrogen-bond donors (Lipinski definition) is 1. The van der Waals surface area contributed by atoms with Crippen LogP contribution in [0.4, 0.5) is 0 Å². The van der Waals surface area contributed by atoms with Crippen LogP contribution < -0.4 is 14.8 Å². The molecule has 0 saturated carbocycles. The predicted molar refractivity (Wildman–Crippen MR) is 98.0 cm³/mol. The van der Waals surface area contributed by atoms with Crippen molar-refractivity contribution in [3.05, 3.63) is 58.6 Å². The van der Waals surface area contributed by atoms with Gasteiger partial charge in [0.25, 0.3) is 0 Å². The highest BCUT2D eigenvalue weighted by molar-refractivity contribution is 7.90. The van der Waals surface area contributed by atoms with Gasteiger partial charge in [-0.25, -0.2) is 8.42 Å². The number of carbonyl (C=O) groups excluding carboxylic acids is 1. The van der Waals surface area contributed by atoms with Gasteiger partial charge in [-0.2, -0.15) is 0 Å². The molecule has 2 aromatic carbocycles. The van der Waals surface area contributed by atoms with E-state index >= 15 is 0 Å². The number of fused-ring (bicyclic) bond motifs is 1. The van der Waals surface area contributed by atoms with Crippen LogP contribution in [0.2, 0.25) is 5.02 Å². The zero-order chi connectivity index (χ0) is 18.6. The Balaban J connectivity index is 1.46. The van der Waals surface area contributed by atoms with E-state index in [1.54, 1.807) is 36.4 Å². The van der Waals surface area contributed by atoms with E-state index in [1.165, 1.54) is 0 Å². The van der Waals surface area contributed by atoms with Gasteiger partial charge in [-0.05, 0) is 35.4 Å². The van der Waals surface area contributed by atoms with E-state index < -0.39 is 9.84 Å². The Morgan fingerprint density at radius 1 is 1.04 bits per heavy atom. The van der Waals surface area contributed by atoms with Crippen LogP contribution in [-0.4, -0.2) is 26.9 Å². The Hall–Kier alpha value is -2.25. The first-order valence-corrected chi connectivity index (χ1v) is 10.2. The van der Waals surface area contributed by atoms with Crippen LogP contribution in [-0.2, 0) is 26.9 Å². The maximum atomic E-state index is 12.1. The van der Waals surface area contributed by atoms with Gasteiger partial charge in [-0.15, -0.1) is 0 Å². The summed E-state index contributed by atoms with van der Waals surface area (Å²) in [7, 11) is -3.37. The normalized spacial score (nSPS) is 12.8. The zero-order valence-electron chi connectivity index (χ0n) is 13.9. The van der Waals surface area contributed by atoms with Crippen LogP contribution in [0.15, 0.2) is 42.5 Å². The molecule has 0 spiro atoms. The summed E-state index contributed by atoms with van der Waals surface area (Å²) in [6.07, 6.45) is -0.0829. The maximum absolute atomic E-state index is 12.1. The molecule has 0 unspecified atom stereocenters. The number of sulfone groups is 1. The van der Waals surface area contributed by atoms with Gasteiger partial charge in [0.2, 0.25) is 12.7 Å². The van der Waals surface area contributed by atoms with Crippen LogP contribution in [0.25, 0.3) is 0 Å². The smallest absolute Gasteiger partial charge is 0.231 e. The molecule has 0 aromatic heterocycles. The average molecular weight is 396 g/mol. The molecule has 0 atom stereocenters. The molecule has 0 fully saturated rings. The van der Waals surface area contributed by atoms with Crippen LogP contribution in [0.1, 0.15) is 17.5 Å². The number of carbonyl (C=O) groups is 1. The summed E-state index contributed by atoms with van der Waals surface area (Å²) in [5, 5.41) is 3.27. The third-order valence-corrected chi connectivity index (χ3v) is 5.72. The lowest BCUT2D eigenvalue weighted by Crippen LogP contribution is -2.25. The monoisotopic (exact) mass is 395 g/mol. The Kier molecular flexibility index (Phi) is 5.68. The lowest BCUT2D eigenvalue weighted by molar-refractivity contribution is -0.120. The molecule has 2 aromatic rings. The number of halogens is 1. The molecular weight excluding hydrogens is 378 g/mol. The lowest BCUT2D eigenvalue weighted by Gasteiger charge is -2.07. The average Bonchev–Trinajstić information content (AvgIpc) is 3.08. The molecule has 26 heavy (non-hydrogen) atoms. The summed E-state index contributed by atoms with van der Waals surface area (Å²) < 4.78 is 34.8. The van der Waals surface area contributed by atoms with Crippen molar-refractivity contribution in [2.24, 2.45) is 0 Å². The molecule has 0 bridgehead atoms. The van der Waals surface area contributed by atoms with Crippen molar-refractivity contribution >= 4 is 27.3 Å². The van der Waals surface area contributed by atoms with E-state index in [1.807, 2.05) is 6.07 Å². The number of ether oxygens (including phenoxy) is 2. The predicted octanol–water partition coefficient (Wildman–Crippen LogP) is 2.69. The Morgan fingerprint density at radius 3 is 2.50 bits per heavy atom. The van der Waals surface area contributed by atoms with Gasteiger partial charge in [0.1, 0.15) is 0 Å². The second kappa shape index (κ2) is 7.97. The quantitative estimate of drug-likeness (QED) is 0.779. The van der Waals surface area contributed by atoms with Gasteiger partial charge in [0, 0.05) is 18.0 Å². The fraction of sp³-hybridized carbons (Fsp3) is 0.278. The summed E-state index contributed by atoms with van der Waals surface area (Å²) in [4.78, 5) is 11.9. The fourth-order valence-electron chi connectivity index (χ4n) is 2.49. The van der Waals surface area contributed by atoms with Crippen molar-refractivity contribution in [1.29, 1.82) is 0 Å². The molecule has 8 heteroatoms. The van der Waals surface area contributed by atoms with E-state index in [0.717, 1.165) is 5.56 Å². The highest BCUT2D eigenvalue weighted by Crippen LogP contribution is 2.32. The molecular formula is C18H18ClNO5S. The topological polar surface area (TPSA) is 81.7 Å². The van der Waals surface area contributed by atoms with Gasteiger partial charge < -0.3 is 14.8 Å². The van der Waals surface area contributed by atoms with E-state index in [2.05, 4.69) is 5.32 Å². The number of rotatable bonds is 7. The molecule has 3 rings (SSSR count). The molecule has 138 valence electrons. The second-order valence-electron chi connectivity index (χ2n) is 5.93. The van der Waals surface area contributed by atoms with Gasteiger partial charge in [-0.1, -0.05) is 29.8 Å². The molecule has 0 radical (unpaired) electrons. The second-order valence-corrected chi connectivity index (χ2v) is 8.55. The third-order valence-electron chi connectivity index (χ3n) is 3.87. The molecule has 1 heterocycles. The summed E-state index contributed by atoms with van der Waals surface area (Å²) in [5.74, 6) is 0.681. The first kappa shape index (κ1) is 18.5. The van der Waals surface area contributed by atoms with Crippen molar-refractivity contribution in [3.8, 4) is 11.5 Å². The molecule has 6 nitrogen and oxygen atoms in total. The fourth-order valence-corrected chi connectivity index (χ4v) is 3.96. The van der Waals surface area contributed by atoms with Crippen LogP contribution in [0.5, 0.6) is 11.5 Å². The van der Waals surface area contributed by atoms with E-state index in [4.69, 9.17) is 21.1 Å².